The Bertz CT molecular complexity index is 356. The highest BCUT2D eigenvalue weighted by atomic mass is 19.1. The molecule has 0 heterocycles. The van der Waals surface area contributed by atoms with Gasteiger partial charge in [-0.1, -0.05) is 0 Å². The Morgan fingerprint density at radius 3 is 2.36 bits per heavy atom. The van der Waals surface area contributed by atoms with E-state index in [1.54, 1.807) is 0 Å². The van der Waals surface area contributed by atoms with Crippen LogP contribution < -0.4 is 16.9 Å². The molecule has 1 rings (SSSR count). The predicted molar refractivity (Wildman–Crippen MR) is 49.7 cm³/mol. The van der Waals surface area contributed by atoms with Crippen molar-refractivity contribution >= 4 is 11.9 Å². The van der Waals surface area contributed by atoms with Crippen LogP contribution in [0.1, 0.15) is 10.4 Å². The molecule has 0 radical (unpaired) electrons. The fourth-order valence-electron chi connectivity index (χ4n) is 0.781. The fraction of sp³-hybridized carbons (Fsp3) is 0. The van der Waals surface area contributed by atoms with Gasteiger partial charge in [0.2, 0.25) is 5.96 Å². The van der Waals surface area contributed by atoms with Crippen molar-refractivity contribution in [2.75, 3.05) is 0 Å². The summed E-state index contributed by atoms with van der Waals surface area (Å²) in [4.78, 5) is 11.2. The number of nitrogens with two attached hydrogens (primary N) is 2. The number of rotatable bonds is 2. The van der Waals surface area contributed by atoms with Crippen LogP contribution in [-0.2, 0) is 0 Å². The zero-order valence-electron chi connectivity index (χ0n) is 7.20. The molecule has 0 spiro atoms. The van der Waals surface area contributed by atoms with Crippen molar-refractivity contribution in [3.05, 3.63) is 35.6 Å². The molecule has 0 saturated heterocycles. The lowest BCUT2D eigenvalue weighted by Gasteiger charge is -1.99. The van der Waals surface area contributed by atoms with Crippen molar-refractivity contribution in [1.82, 2.24) is 5.43 Å². The molecular weight excluding hydrogens is 187 g/mol. The number of carbonyl (C=O) groups excluding carboxylic acids is 1. The Morgan fingerprint density at radius 2 is 1.86 bits per heavy atom. The molecule has 0 unspecified atom stereocenters. The van der Waals surface area contributed by atoms with Crippen LogP contribution in [0, 0.1) is 5.82 Å². The zero-order valence-corrected chi connectivity index (χ0v) is 7.20. The van der Waals surface area contributed by atoms with E-state index in [0.717, 1.165) is 0 Å². The number of nitrogens with zero attached hydrogens (tertiary/aromatic N) is 1. The maximum atomic E-state index is 12.5. The Kier molecular flexibility index (Phi) is 3.01. The number of hydrogen-bond acceptors (Lipinski definition) is 2. The molecule has 0 atom stereocenters. The first-order valence-corrected chi connectivity index (χ1v) is 3.74. The summed E-state index contributed by atoms with van der Waals surface area (Å²) < 4.78 is 12.5. The molecule has 0 bridgehead atoms. The second-order valence-electron chi connectivity index (χ2n) is 2.48. The van der Waals surface area contributed by atoms with Gasteiger partial charge in [0.1, 0.15) is 5.82 Å². The van der Waals surface area contributed by atoms with Gasteiger partial charge in [0.25, 0.3) is 5.91 Å². The van der Waals surface area contributed by atoms with Gasteiger partial charge in [0, 0.05) is 5.56 Å². The van der Waals surface area contributed by atoms with E-state index in [2.05, 4.69) is 10.5 Å². The van der Waals surface area contributed by atoms with Crippen molar-refractivity contribution < 1.29 is 9.18 Å². The molecule has 1 aromatic carbocycles. The molecule has 5 N–H and O–H groups in total. The van der Waals surface area contributed by atoms with Gasteiger partial charge in [0.15, 0.2) is 0 Å². The molecule has 14 heavy (non-hydrogen) atoms. The van der Waals surface area contributed by atoms with Crippen LogP contribution in [0.15, 0.2) is 29.4 Å². The maximum absolute atomic E-state index is 12.5. The van der Waals surface area contributed by atoms with Gasteiger partial charge in [0.05, 0.1) is 0 Å². The van der Waals surface area contributed by atoms with Crippen molar-refractivity contribution in [3.8, 4) is 0 Å². The quantitative estimate of drug-likeness (QED) is 0.345. The predicted octanol–water partition coefficient (Wildman–Crippen LogP) is -0.256. The first-order valence-electron chi connectivity index (χ1n) is 3.74. The van der Waals surface area contributed by atoms with E-state index in [1.807, 2.05) is 0 Å². The van der Waals surface area contributed by atoms with E-state index in [9.17, 15) is 9.18 Å². The van der Waals surface area contributed by atoms with Crippen LogP contribution in [0.3, 0.4) is 0 Å². The molecule has 74 valence electrons. The molecule has 0 saturated carbocycles. The Balaban J connectivity index is 2.70. The number of halogens is 1. The summed E-state index contributed by atoms with van der Waals surface area (Å²) in [5, 5.41) is 3.30. The van der Waals surface area contributed by atoms with Gasteiger partial charge in [-0.05, 0) is 24.3 Å². The van der Waals surface area contributed by atoms with Crippen molar-refractivity contribution in [1.29, 1.82) is 0 Å². The highest BCUT2D eigenvalue weighted by Crippen LogP contribution is 2.01. The largest absolute Gasteiger partial charge is 0.369 e. The third-order valence-electron chi connectivity index (χ3n) is 1.39. The topological polar surface area (TPSA) is 93.5 Å². The van der Waals surface area contributed by atoms with Crippen molar-refractivity contribution in [2.24, 2.45) is 16.6 Å². The lowest BCUT2D eigenvalue weighted by atomic mass is 10.2. The van der Waals surface area contributed by atoms with Gasteiger partial charge >= 0.3 is 0 Å². The number of amides is 1. The monoisotopic (exact) mass is 196 g/mol. The molecular formula is C8H9FN4O. The summed E-state index contributed by atoms with van der Waals surface area (Å²) in [5.41, 5.74) is 12.4. The standard InChI is InChI=1S/C8H9FN4O/c9-6-3-1-5(2-4-6)7(14)12-13-8(10)11/h1-4H,(H,12,14)(H4,10,11,13). The van der Waals surface area contributed by atoms with Crippen LogP contribution in [0.2, 0.25) is 0 Å². The Morgan fingerprint density at radius 1 is 1.29 bits per heavy atom. The van der Waals surface area contributed by atoms with Gasteiger partial charge in [-0.2, -0.15) is 0 Å². The summed E-state index contributed by atoms with van der Waals surface area (Å²) in [6, 6.07) is 4.99. The minimum atomic E-state index is -0.501. The number of hydrogen-bond donors (Lipinski definition) is 3. The highest BCUT2D eigenvalue weighted by molar-refractivity contribution is 5.94. The minimum absolute atomic E-state index is 0.250. The third-order valence-corrected chi connectivity index (χ3v) is 1.39. The molecule has 0 aliphatic carbocycles. The van der Waals surface area contributed by atoms with E-state index in [-0.39, 0.29) is 11.5 Å². The second kappa shape index (κ2) is 4.22. The average molecular weight is 196 g/mol. The molecule has 1 amide bonds. The van der Waals surface area contributed by atoms with Crippen LogP contribution in [0.5, 0.6) is 0 Å². The molecule has 0 fully saturated rings. The van der Waals surface area contributed by atoms with E-state index in [1.165, 1.54) is 24.3 Å². The van der Waals surface area contributed by atoms with Crippen molar-refractivity contribution in [2.45, 2.75) is 0 Å². The van der Waals surface area contributed by atoms with Crippen LogP contribution >= 0.6 is 0 Å². The first-order chi connectivity index (χ1) is 6.59. The normalized spacial score (nSPS) is 9.21. The second-order valence-corrected chi connectivity index (χ2v) is 2.48. The molecule has 0 aliphatic heterocycles. The van der Waals surface area contributed by atoms with Crippen molar-refractivity contribution in [3.63, 3.8) is 0 Å². The molecule has 0 aromatic heterocycles. The summed E-state index contributed by atoms with van der Waals surface area (Å²) in [5.74, 6) is -1.16. The Labute approximate surface area is 79.6 Å². The zero-order chi connectivity index (χ0) is 10.6. The summed E-state index contributed by atoms with van der Waals surface area (Å²) in [6.07, 6.45) is 0. The summed E-state index contributed by atoms with van der Waals surface area (Å²) in [6.45, 7) is 0. The molecule has 5 nitrogen and oxygen atoms in total. The number of nitrogens with one attached hydrogen (secondary N) is 1. The van der Waals surface area contributed by atoms with Crippen LogP contribution in [-0.4, -0.2) is 11.9 Å². The smallest absolute Gasteiger partial charge is 0.271 e. The first kappa shape index (κ1) is 9.97. The third kappa shape index (κ3) is 2.74. The molecule has 6 heteroatoms. The maximum Gasteiger partial charge on any atom is 0.271 e. The highest BCUT2D eigenvalue weighted by Gasteiger charge is 2.03. The van der Waals surface area contributed by atoms with Crippen LogP contribution in [0.25, 0.3) is 0 Å². The number of benzene rings is 1. The summed E-state index contributed by atoms with van der Waals surface area (Å²) >= 11 is 0. The lowest BCUT2D eigenvalue weighted by molar-refractivity contribution is 0.0954. The number of hydrazone groups is 1. The van der Waals surface area contributed by atoms with Gasteiger partial charge in [-0.25, -0.2) is 9.82 Å². The lowest BCUT2D eigenvalue weighted by Crippen LogP contribution is -2.28. The molecule has 0 aliphatic rings. The Hall–Kier alpha value is -2.11. The number of guanidine groups is 1. The van der Waals surface area contributed by atoms with Crippen LogP contribution in [0.4, 0.5) is 4.39 Å². The average Bonchev–Trinajstić information content (AvgIpc) is 2.15. The van der Waals surface area contributed by atoms with E-state index >= 15 is 0 Å². The number of carbonyl (C=O) groups is 1. The van der Waals surface area contributed by atoms with Gasteiger partial charge in [-0.3, -0.25) is 4.79 Å². The van der Waals surface area contributed by atoms with E-state index < -0.39 is 11.7 Å². The van der Waals surface area contributed by atoms with Gasteiger partial charge in [-0.15, -0.1) is 5.10 Å². The molecule has 1 aromatic rings. The van der Waals surface area contributed by atoms with E-state index in [4.69, 9.17) is 11.5 Å². The van der Waals surface area contributed by atoms with E-state index in [0.29, 0.717) is 0 Å². The van der Waals surface area contributed by atoms with Gasteiger partial charge < -0.3 is 11.5 Å². The summed E-state index contributed by atoms with van der Waals surface area (Å²) in [7, 11) is 0. The minimum Gasteiger partial charge on any atom is -0.369 e. The fourth-order valence-corrected chi connectivity index (χ4v) is 0.781. The SMILES string of the molecule is NC(N)=NNC(=O)c1ccc(F)cc1.